The summed E-state index contributed by atoms with van der Waals surface area (Å²) in [5, 5.41) is 2.78. The average Bonchev–Trinajstić information content (AvgIpc) is 2.98. The number of ether oxygens (including phenoxy) is 1. The zero-order chi connectivity index (χ0) is 18.4. The predicted octanol–water partition coefficient (Wildman–Crippen LogP) is 3.71. The molecule has 1 aromatic carbocycles. The van der Waals surface area contributed by atoms with Gasteiger partial charge in [-0.25, -0.2) is 18.1 Å². The van der Waals surface area contributed by atoms with Crippen LogP contribution in [0.1, 0.15) is 42.6 Å². The first-order valence-electron chi connectivity index (χ1n) is 8.34. The number of nitrogens with one attached hydrogen (secondary N) is 1. The van der Waals surface area contributed by atoms with Crippen LogP contribution in [0.25, 0.3) is 0 Å². The summed E-state index contributed by atoms with van der Waals surface area (Å²) in [6.45, 7) is 6.08. The van der Waals surface area contributed by atoms with Crippen molar-refractivity contribution in [1.29, 1.82) is 0 Å². The first-order valence-corrected chi connectivity index (χ1v) is 10.9. The van der Waals surface area contributed by atoms with E-state index in [0.29, 0.717) is 12.3 Å². The van der Waals surface area contributed by atoms with E-state index in [-0.39, 0.29) is 11.8 Å². The summed E-state index contributed by atoms with van der Waals surface area (Å²) in [6.07, 6.45) is 1.17. The lowest BCUT2D eigenvalue weighted by Gasteiger charge is -2.18. The van der Waals surface area contributed by atoms with Crippen LogP contribution in [0.5, 0.6) is 5.75 Å². The fourth-order valence-electron chi connectivity index (χ4n) is 2.56. The van der Waals surface area contributed by atoms with Gasteiger partial charge in [0.1, 0.15) is 10.8 Å². The van der Waals surface area contributed by atoms with Crippen LogP contribution in [-0.4, -0.2) is 26.3 Å². The first-order chi connectivity index (χ1) is 11.8. The number of sulfonamides is 1. The molecule has 2 rings (SSSR count). The Labute approximate surface area is 154 Å². The maximum Gasteiger partial charge on any atom is 0.212 e. The van der Waals surface area contributed by atoms with Crippen LogP contribution in [-0.2, 0) is 16.4 Å². The van der Waals surface area contributed by atoms with Gasteiger partial charge in [0.25, 0.3) is 0 Å². The minimum atomic E-state index is -3.41. The second-order valence-electron chi connectivity index (χ2n) is 6.55. The second kappa shape index (κ2) is 8.78. The topological polar surface area (TPSA) is 68.3 Å². The van der Waals surface area contributed by atoms with Crippen molar-refractivity contribution in [2.45, 2.75) is 39.7 Å². The number of hydrogen-bond donors (Lipinski definition) is 1. The first kappa shape index (κ1) is 19.9. The summed E-state index contributed by atoms with van der Waals surface area (Å²) in [5.74, 6) is 1.15. The van der Waals surface area contributed by atoms with Crippen molar-refractivity contribution in [1.82, 2.24) is 9.71 Å². The van der Waals surface area contributed by atoms with Crippen LogP contribution in [0.3, 0.4) is 0 Å². The minimum absolute atomic E-state index is 0.0408. The van der Waals surface area contributed by atoms with Gasteiger partial charge in [-0.2, -0.15) is 0 Å². The molecular weight excluding hydrogens is 356 g/mol. The van der Waals surface area contributed by atoms with Crippen LogP contribution in [0.4, 0.5) is 0 Å². The molecule has 0 aliphatic heterocycles. The Hall–Kier alpha value is -1.44. The Morgan fingerprint density at radius 3 is 2.68 bits per heavy atom. The molecule has 0 radical (unpaired) electrons. The molecule has 0 aliphatic rings. The van der Waals surface area contributed by atoms with E-state index in [1.54, 1.807) is 7.11 Å². The lowest BCUT2D eigenvalue weighted by atomic mass is 10.1. The smallest absolute Gasteiger partial charge is 0.212 e. The fraction of sp³-hybridized carbons (Fsp3) is 0.500. The molecule has 0 aliphatic carbocycles. The van der Waals surface area contributed by atoms with E-state index in [4.69, 9.17) is 4.74 Å². The maximum atomic E-state index is 12.6. The highest BCUT2D eigenvalue weighted by Crippen LogP contribution is 2.25. The minimum Gasteiger partial charge on any atom is -0.497 e. The number of rotatable bonds is 9. The summed E-state index contributed by atoms with van der Waals surface area (Å²) in [6, 6.07) is 7.22. The Morgan fingerprint density at radius 2 is 2.08 bits per heavy atom. The maximum absolute atomic E-state index is 12.6. The van der Waals surface area contributed by atoms with Crippen molar-refractivity contribution in [3.8, 4) is 5.75 Å². The second-order valence-corrected chi connectivity index (χ2v) is 9.31. The van der Waals surface area contributed by atoms with Gasteiger partial charge >= 0.3 is 0 Å². The standard InChI is InChI=1S/C18H26N2O3S2/c1-13(2)10-17(18-19-14(3)12-24-18)20-25(21,22)9-8-15-6-5-7-16(11-15)23-4/h5-7,11-13,17,20H,8-10H2,1-4H3. The molecule has 1 unspecified atom stereocenters. The number of nitrogens with zero attached hydrogens (tertiary/aromatic N) is 1. The molecule has 25 heavy (non-hydrogen) atoms. The molecule has 0 amide bonds. The van der Waals surface area contributed by atoms with Crippen molar-refractivity contribution in [3.05, 3.63) is 45.9 Å². The molecular formula is C18H26N2O3S2. The molecule has 7 heteroatoms. The van der Waals surface area contributed by atoms with Gasteiger partial charge < -0.3 is 4.74 Å². The van der Waals surface area contributed by atoms with Gasteiger partial charge in [0.2, 0.25) is 10.0 Å². The van der Waals surface area contributed by atoms with Gasteiger partial charge in [0, 0.05) is 11.1 Å². The summed E-state index contributed by atoms with van der Waals surface area (Å²) in [5.41, 5.74) is 1.86. The van der Waals surface area contributed by atoms with E-state index in [9.17, 15) is 8.42 Å². The molecule has 0 saturated carbocycles. The van der Waals surface area contributed by atoms with Gasteiger partial charge in [-0.3, -0.25) is 0 Å². The highest BCUT2D eigenvalue weighted by Gasteiger charge is 2.23. The van der Waals surface area contributed by atoms with Gasteiger partial charge in [-0.15, -0.1) is 11.3 Å². The van der Waals surface area contributed by atoms with Crippen molar-refractivity contribution >= 4 is 21.4 Å². The largest absolute Gasteiger partial charge is 0.497 e. The molecule has 0 fully saturated rings. The molecule has 1 atom stereocenters. The van der Waals surface area contributed by atoms with Crippen LogP contribution in [0, 0.1) is 12.8 Å². The summed E-state index contributed by atoms with van der Waals surface area (Å²) >= 11 is 1.51. The van der Waals surface area contributed by atoms with E-state index in [2.05, 4.69) is 23.6 Å². The zero-order valence-corrected chi connectivity index (χ0v) is 16.8. The Kier molecular flexibility index (Phi) is 6.98. The van der Waals surface area contributed by atoms with Crippen LogP contribution >= 0.6 is 11.3 Å². The van der Waals surface area contributed by atoms with Crippen LogP contribution < -0.4 is 9.46 Å². The van der Waals surface area contributed by atoms with Crippen molar-refractivity contribution < 1.29 is 13.2 Å². The van der Waals surface area contributed by atoms with Gasteiger partial charge in [-0.05, 0) is 43.4 Å². The van der Waals surface area contributed by atoms with E-state index in [1.807, 2.05) is 36.6 Å². The number of thiazole rings is 1. The van der Waals surface area contributed by atoms with E-state index in [1.165, 1.54) is 11.3 Å². The van der Waals surface area contributed by atoms with Gasteiger partial charge in [0.05, 0.1) is 18.9 Å². The lowest BCUT2D eigenvalue weighted by molar-refractivity contribution is 0.414. The van der Waals surface area contributed by atoms with Crippen molar-refractivity contribution in [2.75, 3.05) is 12.9 Å². The Morgan fingerprint density at radius 1 is 1.32 bits per heavy atom. The van der Waals surface area contributed by atoms with E-state index in [0.717, 1.165) is 28.4 Å². The number of hydrogen-bond acceptors (Lipinski definition) is 5. The molecule has 0 bridgehead atoms. The highest BCUT2D eigenvalue weighted by molar-refractivity contribution is 7.89. The number of benzene rings is 1. The lowest BCUT2D eigenvalue weighted by Crippen LogP contribution is -2.32. The quantitative estimate of drug-likeness (QED) is 0.718. The van der Waals surface area contributed by atoms with E-state index < -0.39 is 10.0 Å². The molecule has 1 heterocycles. The Balaban J connectivity index is 2.05. The third kappa shape index (κ3) is 6.41. The average molecular weight is 383 g/mol. The molecule has 1 N–H and O–H groups in total. The highest BCUT2D eigenvalue weighted by atomic mass is 32.2. The normalized spacial score (nSPS) is 13.2. The summed E-state index contributed by atoms with van der Waals surface area (Å²) in [7, 11) is -1.81. The molecule has 5 nitrogen and oxygen atoms in total. The monoisotopic (exact) mass is 382 g/mol. The van der Waals surface area contributed by atoms with Gasteiger partial charge in [0.15, 0.2) is 0 Å². The molecule has 0 spiro atoms. The third-order valence-corrected chi connectivity index (χ3v) is 6.22. The Bertz CT molecular complexity index is 785. The summed E-state index contributed by atoms with van der Waals surface area (Å²) < 4.78 is 33.2. The molecule has 1 aromatic heterocycles. The molecule has 2 aromatic rings. The zero-order valence-electron chi connectivity index (χ0n) is 15.2. The summed E-state index contributed by atoms with van der Waals surface area (Å²) in [4.78, 5) is 4.46. The number of aromatic nitrogens is 1. The van der Waals surface area contributed by atoms with Crippen LogP contribution in [0.2, 0.25) is 0 Å². The molecule has 0 saturated heterocycles. The van der Waals surface area contributed by atoms with E-state index >= 15 is 0 Å². The predicted molar refractivity (Wildman–Crippen MR) is 103 cm³/mol. The number of aryl methyl sites for hydroxylation is 2. The SMILES string of the molecule is COc1cccc(CCS(=O)(=O)NC(CC(C)C)c2nc(C)cs2)c1. The fourth-order valence-corrected chi connectivity index (χ4v) is 4.76. The van der Waals surface area contributed by atoms with Crippen molar-refractivity contribution in [2.24, 2.45) is 5.92 Å². The molecule has 138 valence electrons. The third-order valence-electron chi connectivity index (χ3n) is 3.76. The number of methoxy groups -OCH3 is 1. The van der Waals surface area contributed by atoms with Gasteiger partial charge in [-0.1, -0.05) is 26.0 Å². The van der Waals surface area contributed by atoms with Crippen molar-refractivity contribution in [3.63, 3.8) is 0 Å². The van der Waals surface area contributed by atoms with Crippen LogP contribution in [0.15, 0.2) is 29.6 Å².